The molecule has 0 aromatic carbocycles. The van der Waals surface area contributed by atoms with E-state index in [0.717, 1.165) is 12.0 Å². The molecule has 0 spiro atoms. The number of nitrogens with zero attached hydrogens (tertiary/aromatic N) is 1. The van der Waals surface area contributed by atoms with Crippen LogP contribution in [0.2, 0.25) is 0 Å². The van der Waals surface area contributed by atoms with E-state index < -0.39 is 85.5 Å². The van der Waals surface area contributed by atoms with Gasteiger partial charge in [0.25, 0.3) is 11.7 Å². The molecule has 69 heavy (non-hydrogen) atoms. The van der Waals surface area contributed by atoms with Gasteiger partial charge in [0, 0.05) is 71.8 Å². The van der Waals surface area contributed by atoms with E-state index in [1.165, 1.54) is 12.0 Å². The number of ether oxygens (including phenoxy) is 5. The minimum Gasteiger partial charge on any atom is -0.386 e. The highest BCUT2D eigenvalue weighted by molar-refractivity contribution is 7.57. The molecule has 16 atom stereocenters. The monoisotopic (exact) mass is 990 g/mol. The van der Waals surface area contributed by atoms with Gasteiger partial charge in [0.2, 0.25) is 5.79 Å². The molecule has 1 saturated heterocycles. The number of fused-ring (bicyclic) bond motifs is 3. The maximum Gasteiger partial charge on any atom is 0.296 e. The first kappa shape index (κ1) is 58.6. The summed E-state index contributed by atoms with van der Waals surface area (Å²) in [6.45, 7) is 15.8. The van der Waals surface area contributed by atoms with E-state index >= 15 is 0 Å². The Morgan fingerprint density at radius 2 is 1.58 bits per heavy atom. The number of aliphatic hydroxyl groups excluding tert-OH is 2. The zero-order valence-corrected chi connectivity index (χ0v) is 44.2. The number of hydrogen-bond acceptors (Lipinski definition) is 14. The Morgan fingerprint density at radius 1 is 0.870 bits per heavy atom. The first-order chi connectivity index (χ1) is 32.4. The van der Waals surface area contributed by atoms with Gasteiger partial charge in [0.15, 0.2) is 19.4 Å². The van der Waals surface area contributed by atoms with E-state index in [0.29, 0.717) is 50.5 Å². The van der Waals surface area contributed by atoms with E-state index in [-0.39, 0.29) is 60.9 Å². The Labute approximate surface area is 411 Å². The maximum absolute atomic E-state index is 14.3. The fourth-order valence-corrected chi connectivity index (χ4v) is 11.3. The summed E-state index contributed by atoms with van der Waals surface area (Å²) in [6.07, 6.45) is 12.3. The maximum atomic E-state index is 14.3. The van der Waals surface area contributed by atoms with Crippen LogP contribution in [0.25, 0.3) is 0 Å². The van der Waals surface area contributed by atoms with Gasteiger partial charge in [-0.15, -0.1) is 0 Å². The second-order valence-corrected chi connectivity index (χ2v) is 23.4. The van der Waals surface area contributed by atoms with Crippen LogP contribution in [-0.2, 0) is 52.0 Å². The van der Waals surface area contributed by atoms with Crippen LogP contribution < -0.4 is 0 Å². The van der Waals surface area contributed by atoms with E-state index in [2.05, 4.69) is 0 Å². The highest BCUT2D eigenvalue weighted by Gasteiger charge is 2.53. The topological polar surface area (TPSA) is 205 Å². The second kappa shape index (κ2) is 26.7. The van der Waals surface area contributed by atoms with E-state index in [1.54, 1.807) is 66.5 Å². The quantitative estimate of drug-likeness (QED) is 0.124. The second-order valence-electron chi connectivity index (χ2n) is 20.7. The summed E-state index contributed by atoms with van der Waals surface area (Å²) in [5.41, 5.74) is 1.27. The minimum absolute atomic E-state index is 0.0144. The van der Waals surface area contributed by atoms with Crippen LogP contribution in [-0.4, -0.2) is 146 Å². The zero-order valence-electron chi connectivity index (χ0n) is 43.3. The Hall–Kier alpha value is -2.95. The molecule has 2 fully saturated rings. The largest absolute Gasteiger partial charge is 0.386 e. The molecule has 3 N–H and O–H groups in total. The van der Waals surface area contributed by atoms with Crippen molar-refractivity contribution in [1.29, 1.82) is 0 Å². The molecule has 4 rings (SSSR count). The molecule has 0 aromatic heterocycles. The van der Waals surface area contributed by atoms with Crippen molar-refractivity contribution in [3.8, 4) is 0 Å². The van der Waals surface area contributed by atoms with Gasteiger partial charge in [0.1, 0.15) is 18.0 Å². The summed E-state index contributed by atoms with van der Waals surface area (Å²) < 4.78 is 48.4. The average molecular weight is 990 g/mol. The number of carbonyl (C=O) groups is 4. The molecule has 390 valence electrons. The van der Waals surface area contributed by atoms with Gasteiger partial charge < -0.3 is 48.4 Å². The molecule has 1 aliphatic carbocycles. The molecule has 0 radical (unpaired) electrons. The van der Waals surface area contributed by atoms with Crippen LogP contribution >= 0.6 is 7.37 Å². The lowest BCUT2D eigenvalue weighted by molar-refractivity contribution is -0.266. The molecule has 4 aliphatic rings. The van der Waals surface area contributed by atoms with Crippen molar-refractivity contribution in [2.75, 3.05) is 41.2 Å². The first-order valence-corrected chi connectivity index (χ1v) is 27.5. The number of hydrogen-bond donors (Lipinski definition) is 3. The highest BCUT2D eigenvalue weighted by Crippen LogP contribution is 2.45. The number of Topliss-reactive ketones (excluding diaryl/α,β-unsaturated/α-hetero) is 3. The van der Waals surface area contributed by atoms with Gasteiger partial charge in [-0.3, -0.25) is 23.7 Å². The summed E-state index contributed by atoms with van der Waals surface area (Å²) in [7, 11) is 1.78. The van der Waals surface area contributed by atoms with Crippen molar-refractivity contribution in [2.24, 2.45) is 35.5 Å². The normalized spacial score (nSPS) is 38.7. The molecule has 15 nitrogen and oxygen atoms in total. The van der Waals surface area contributed by atoms with E-state index in [1.807, 2.05) is 58.1 Å². The number of methoxy groups -OCH3 is 3. The zero-order chi connectivity index (χ0) is 51.4. The summed E-state index contributed by atoms with van der Waals surface area (Å²) in [4.78, 5) is 57.8. The van der Waals surface area contributed by atoms with Gasteiger partial charge in [-0.05, 0) is 94.1 Å². The Bertz CT molecular complexity index is 1940. The number of rotatable bonds is 8. The number of aliphatic hydroxyl groups is 3. The van der Waals surface area contributed by atoms with Crippen LogP contribution in [0.4, 0.5) is 0 Å². The molecule has 1 amide bonds. The predicted octanol–water partition coefficient (Wildman–Crippen LogP) is 7.31. The molecular formula is C53H84NO14P. The lowest BCUT2D eigenvalue weighted by Gasteiger charge is -2.43. The standard InChI is InChI=1S/C53H84NO14P/c1-32-18-14-13-15-19-33(2)44(63-8)30-40-23-21-38(7)53(61,67-40)50(58)51(59)54-25-17-16-20-41(54)52(60)66-45(35(4)28-39-22-24-43(46(29-39)64-9)68-69(11,12)62)31-42(55)34(3)27-37(6)48(57)49(65-10)47(56)36(5)26-32/h13-19,27,32,34-36,38-41,43-46,48-49,52,57,60-61H,20-26,28-31H2,1-12H3/b15-13?,18-14+,33-19?,37-27+/t32-,34-,35?,36-,38-,39+,40+,41+,43?,44+,45?,46-,48-,49+,52?,53-/m1/s1. The Kier molecular flexibility index (Phi) is 22.6. The van der Waals surface area contributed by atoms with Crippen molar-refractivity contribution in [2.45, 2.75) is 174 Å². The summed E-state index contributed by atoms with van der Waals surface area (Å²) in [6, 6.07) is -1.05. The van der Waals surface area contributed by atoms with Crippen LogP contribution in [0, 0.1) is 35.5 Å². The summed E-state index contributed by atoms with van der Waals surface area (Å²) in [5.74, 6) is -7.21. The molecule has 3 aliphatic heterocycles. The van der Waals surface area contributed by atoms with Crippen molar-refractivity contribution in [1.82, 2.24) is 4.90 Å². The number of ketones is 3. The third-order valence-electron chi connectivity index (χ3n) is 14.7. The van der Waals surface area contributed by atoms with E-state index in [9.17, 15) is 39.1 Å². The lowest BCUT2D eigenvalue weighted by atomic mass is 9.78. The number of carbonyl (C=O) groups excluding carboxylic acids is 4. The summed E-state index contributed by atoms with van der Waals surface area (Å²) in [5, 5.41) is 35.5. The third-order valence-corrected chi connectivity index (χ3v) is 15.5. The van der Waals surface area contributed by atoms with Crippen LogP contribution in [0.3, 0.4) is 0 Å². The van der Waals surface area contributed by atoms with Crippen LogP contribution in [0.1, 0.15) is 113 Å². The van der Waals surface area contributed by atoms with Gasteiger partial charge >= 0.3 is 0 Å². The van der Waals surface area contributed by atoms with E-state index in [4.69, 9.17) is 28.2 Å². The molecule has 1 saturated carbocycles. The highest BCUT2D eigenvalue weighted by atomic mass is 31.2. The van der Waals surface area contributed by atoms with Gasteiger partial charge in [-0.1, -0.05) is 83.2 Å². The summed E-state index contributed by atoms with van der Waals surface area (Å²) >= 11 is 0. The van der Waals surface area contributed by atoms with Crippen molar-refractivity contribution in [3.63, 3.8) is 0 Å². The van der Waals surface area contributed by atoms with Crippen molar-refractivity contribution < 1.29 is 67.3 Å². The molecule has 3 heterocycles. The Balaban J connectivity index is 1.70. The molecule has 0 aromatic rings. The molecule has 2 bridgehead atoms. The predicted molar refractivity (Wildman–Crippen MR) is 264 cm³/mol. The molecule has 4 unspecified atom stereocenters. The molecule has 16 heteroatoms. The van der Waals surface area contributed by atoms with Crippen molar-refractivity contribution >= 4 is 30.6 Å². The fourth-order valence-electron chi connectivity index (χ4n) is 10.4. The number of allylic oxidation sites excluding steroid dienone is 6. The Morgan fingerprint density at radius 3 is 2.23 bits per heavy atom. The van der Waals surface area contributed by atoms with Gasteiger partial charge in [-0.2, -0.15) is 0 Å². The third kappa shape index (κ3) is 16.3. The van der Waals surface area contributed by atoms with Gasteiger partial charge in [0.05, 0.1) is 36.6 Å². The number of amides is 1. The first-order valence-electron chi connectivity index (χ1n) is 24.9. The van der Waals surface area contributed by atoms with Gasteiger partial charge in [-0.25, -0.2) is 0 Å². The lowest BCUT2D eigenvalue weighted by Crippen LogP contribution is -2.61. The smallest absolute Gasteiger partial charge is 0.296 e. The van der Waals surface area contributed by atoms with Crippen LogP contribution in [0.5, 0.6) is 0 Å². The SMILES string of the molecule is CO[C@H]1C[C@@H]2CC[C@@H](C)[C@@](O)(O2)C(=O)C(=O)N2CC=CC[C@H]2C(O)OC(C(C)C[C@@H]2CCC(OP(C)(C)=O)[C@H](OC)C2)CC(=O)[C@H](C)/C=C(\C)[C@@H](O)[C@@H](OC)C(=O)[C@H](C)C[C@H](C)/C=C/C=CC=C1C. The van der Waals surface area contributed by atoms with Crippen LogP contribution in [0.15, 0.2) is 59.8 Å². The minimum atomic E-state index is -2.78. The van der Waals surface area contributed by atoms with Crippen molar-refractivity contribution in [3.05, 3.63) is 59.8 Å². The molecular weight excluding hydrogens is 906 g/mol. The average Bonchev–Trinajstić information content (AvgIpc) is 3.30. The fraction of sp³-hybridized carbons (Fsp3) is 0.736.